The van der Waals surface area contributed by atoms with E-state index in [0.717, 1.165) is 18.5 Å². The van der Waals surface area contributed by atoms with Crippen molar-refractivity contribution in [2.24, 2.45) is 0 Å². The van der Waals surface area contributed by atoms with Crippen LogP contribution in [-0.4, -0.2) is 29.8 Å². The average molecular weight is 367 g/mol. The third-order valence-corrected chi connectivity index (χ3v) is 3.47. The Morgan fingerprint density at radius 1 is 1.12 bits per heavy atom. The van der Waals surface area contributed by atoms with Gasteiger partial charge in [-0.1, -0.05) is 6.92 Å². The molecule has 0 spiro atoms. The maximum atomic E-state index is 13.6. The number of amides is 2. The molecule has 0 bridgehead atoms. The molecule has 9 heteroatoms. The summed E-state index contributed by atoms with van der Waals surface area (Å²) in [6, 6.07) is 4.20. The Balaban J connectivity index is 2.11. The Kier molecular flexibility index (Phi) is 6.16. The maximum absolute atomic E-state index is 13.6. The van der Waals surface area contributed by atoms with E-state index in [-0.39, 0.29) is 12.1 Å². The topological polar surface area (TPSA) is 76.4 Å². The highest BCUT2D eigenvalue weighted by molar-refractivity contribution is 5.99. The van der Waals surface area contributed by atoms with Crippen LogP contribution in [0.15, 0.2) is 36.7 Å². The highest BCUT2D eigenvalue weighted by Crippen LogP contribution is 2.19. The summed E-state index contributed by atoms with van der Waals surface area (Å²) < 4.78 is 40.3. The lowest BCUT2D eigenvalue weighted by molar-refractivity contribution is -0.605. The molecule has 0 radical (unpaired) electrons. The normalized spacial score (nSPS) is 10.5. The summed E-state index contributed by atoms with van der Waals surface area (Å²) in [7, 11) is 0. The minimum atomic E-state index is -1.69. The van der Waals surface area contributed by atoms with Gasteiger partial charge in [-0.15, -0.1) is 0 Å². The number of nitrogens with zero attached hydrogens (tertiary/aromatic N) is 2. The van der Waals surface area contributed by atoms with Gasteiger partial charge in [0.1, 0.15) is 6.54 Å². The molecule has 0 aliphatic carbocycles. The van der Waals surface area contributed by atoms with Crippen LogP contribution in [-0.2, 0) is 4.79 Å². The van der Waals surface area contributed by atoms with Crippen molar-refractivity contribution in [2.75, 3.05) is 18.4 Å². The number of nitrogens with one attached hydrogen (secondary N) is 1. The van der Waals surface area contributed by atoms with Crippen molar-refractivity contribution in [1.29, 1.82) is 0 Å². The van der Waals surface area contributed by atoms with Crippen LogP contribution >= 0.6 is 0 Å². The van der Waals surface area contributed by atoms with Gasteiger partial charge >= 0.3 is 0 Å². The van der Waals surface area contributed by atoms with Gasteiger partial charge in [-0.2, -0.15) is 4.73 Å². The van der Waals surface area contributed by atoms with Crippen LogP contribution in [0.1, 0.15) is 23.7 Å². The predicted molar refractivity (Wildman–Crippen MR) is 86.5 cm³/mol. The van der Waals surface area contributed by atoms with E-state index in [1.807, 2.05) is 0 Å². The first-order valence-corrected chi connectivity index (χ1v) is 7.75. The van der Waals surface area contributed by atoms with Gasteiger partial charge < -0.3 is 15.4 Å². The second-order valence-electron chi connectivity index (χ2n) is 5.44. The Bertz CT molecular complexity index is 813. The molecule has 1 aromatic carbocycles. The van der Waals surface area contributed by atoms with E-state index in [2.05, 4.69) is 5.32 Å². The van der Waals surface area contributed by atoms with Crippen molar-refractivity contribution in [3.05, 3.63) is 64.9 Å². The van der Waals surface area contributed by atoms with Crippen molar-refractivity contribution in [2.45, 2.75) is 13.3 Å². The molecule has 0 unspecified atom stereocenters. The van der Waals surface area contributed by atoms with E-state index in [4.69, 9.17) is 0 Å². The molecule has 138 valence electrons. The first-order valence-electron chi connectivity index (χ1n) is 7.75. The molecule has 0 atom stereocenters. The van der Waals surface area contributed by atoms with Gasteiger partial charge in [0, 0.05) is 18.7 Å². The molecule has 0 aliphatic rings. The minimum absolute atomic E-state index is 0.206. The Morgan fingerprint density at radius 2 is 1.77 bits per heavy atom. The van der Waals surface area contributed by atoms with Crippen molar-refractivity contribution in [3.63, 3.8) is 0 Å². The molecular weight excluding hydrogens is 351 g/mol. The van der Waals surface area contributed by atoms with E-state index in [1.165, 1.54) is 17.0 Å². The monoisotopic (exact) mass is 367 g/mol. The third kappa shape index (κ3) is 4.50. The average Bonchev–Trinajstić information content (AvgIpc) is 2.62. The highest BCUT2D eigenvalue weighted by atomic mass is 19.2. The van der Waals surface area contributed by atoms with E-state index < -0.39 is 41.5 Å². The lowest BCUT2D eigenvalue weighted by Gasteiger charge is -2.21. The van der Waals surface area contributed by atoms with Crippen LogP contribution in [0.3, 0.4) is 0 Å². The van der Waals surface area contributed by atoms with Gasteiger partial charge in [0.15, 0.2) is 29.8 Å². The van der Waals surface area contributed by atoms with Gasteiger partial charge in [0.2, 0.25) is 5.91 Å². The standard InChI is InChI=1S/C17H16F3N3O3/c1-2-7-22(17(25)11-5-8-23(26)9-6-11)10-14(24)21-13-4-3-12(18)15(19)16(13)20/h3-6,8-9H,2,7,10H2,1H3,(H,21,24). The molecule has 2 rings (SSSR count). The number of aromatic nitrogens is 1. The van der Waals surface area contributed by atoms with E-state index in [9.17, 15) is 28.0 Å². The molecule has 0 fully saturated rings. The summed E-state index contributed by atoms with van der Waals surface area (Å²) in [5, 5.41) is 13.2. The zero-order chi connectivity index (χ0) is 19.3. The van der Waals surface area contributed by atoms with Gasteiger partial charge in [-0.25, -0.2) is 13.2 Å². The molecule has 26 heavy (non-hydrogen) atoms. The smallest absolute Gasteiger partial charge is 0.254 e. The Labute approximate surface area is 147 Å². The number of halogens is 3. The number of hydrogen-bond acceptors (Lipinski definition) is 3. The van der Waals surface area contributed by atoms with Crippen LogP contribution in [0.5, 0.6) is 0 Å². The van der Waals surface area contributed by atoms with Crippen LogP contribution in [0.2, 0.25) is 0 Å². The van der Waals surface area contributed by atoms with E-state index in [1.54, 1.807) is 6.92 Å². The van der Waals surface area contributed by atoms with Crippen molar-refractivity contribution < 1.29 is 27.5 Å². The van der Waals surface area contributed by atoms with E-state index >= 15 is 0 Å². The fraction of sp³-hybridized carbons (Fsp3) is 0.235. The number of pyridine rings is 1. The van der Waals surface area contributed by atoms with E-state index in [0.29, 0.717) is 17.2 Å². The summed E-state index contributed by atoms with van der Waals surface area (Å²) >= 11 is 0. The zero-order valence-electron chi connectivity index (χ0n) is 13.8. The van der Waals surface area contributed by atoms with Gasteiger partial charge in [-0.3, -0.25) is 9.59 Å². The summed E-state index contributed by atoms with van der Waals surface area (Å²) in [6.45, 7) is 1.61. The zero-order valence-corrected chi connectivity index (χ0v) is 13.8. The molecule has 6 nitrogen and oxygen atoms in total. The fourth-order valence-corrected chi connectivity index (χ4v) is 2.25. The lowest BCUT2D eigenvalue weighted by Crippen LogP contribution is -2.39. The Morgan fingerprint density at radius 3 is 2.38 bits per heavy atom. The number of carbonyl (C=O) groups excluding carboxylic acids is 2. The van der Waals surface area contributed by atoms with Gasteiger partial charge in [-0.05, 0) is 18.6 Å². The summed E-state index contributed by atoms with van der Waals surface area (Å²) in [5.74, 6) is -5.85. The fourth-order valence-electron chi connectivity index (χ4n) is 2.25. The Hall–Kier alpha value is -3.10. The second-order valence-corrected chi connectivity index (χ2v) is 5.44. The number of carbonyl (C=O) groups is 2. The molecular formula is C17H16F3N3O3. The maximum Gasteiger partial charge on any atom is 0.254 e. The molecule has 0 saturated heterocycles. The van der Waals surface area contributed by atoms with Crippen molar-refractivity contribution >= 4 is 17.5 Å². The summed E-state index contributed by atoms with van der Waals surface area (Å²) in [4.78, 5) is 25.8. The summed E-state index contributed by atoms with van der Waals surface area (Å²) in [5.41, 5.74) is -0.317. The van der Waals surface area contributed by atoms with Crippen molar-refractivity contribution in [3.8, 4) is 0 Å². The van der Waals surface area contributed by atoms with Crippen molar-refractivity contribution in [1.82, 2.24) is 4.90 Å². The highest BCUT2D eigenvalue weighted by Gasteiger charge is 2.21. The minimum Gasteiger partial charge on any atom is -0.619 e. The molecule has 1 aromatic heterocycles. The number of rotatable bonds is 6. The molecule has 2 amide bonds. The van der Waals surface area contributed by atoms with Crippen LogP contribution in [0, 0.1) is 22.7 Å². The van der Waals surface area contributed by atoms with Gasteiger partial charge in [0.05, 0.1) is 11.3 Å². The second kappa shape index (κ2) is 8.32. The molecule has 1 N–H and O–H groups in total. The largest absolute Gasteiger partial charge is 0.619 e. The molecule has 0 saturated carbocycles. The van der Waals surface area contributed by atoms with Crippen LogP contribution in [0.25, 0.3) is 0 Å². The van der Waals surface area contributed by atoms with Crippen LogP contribution < -0.4 is 10.0 Å². The number of anilines is 1. The number of benzene rings is 1. The molecule has 0 aliphatic heterocycles. The van der Waals surface area contributed by atoms with Gasteiger partial charge in [0.25, 0.3) is 5.91 Å². The first-order chi connectivity index (χ1) is 12.3. The SMILES string of the molecule is CCCN(CC(=O)Nc1ccc(F)c(F)c1F)C(=O)c1cc[n+]([O-])cc1. The van der Waals surface area contributed by atoms with Crippen LogP contribution in [0.4, 0.5) is 18.9 Å². The predicted octanol–water partition coefficient (Wildman–Crippen LogP) is 2.23. The molecule has 1 heterocycles. The summed E-state index contributed by atoms with van der Waals surface area (Å²) in [6.07, 6.45) is 2.84. The quantitative estimate of drug-likeness (QED) is 0.483. The molecule has 2 aromatic rings. The lowest BCUT2D eigenvalue weighted by atomic mass is 10.2. The first kappa shape index (κ1) is 19.2. The number of hydrogen-bond donors (Lipinski definition) is 1. The third-order valence-electron chi connectivity index (χ3n) is 3.47.